The standard InChI is InChI=1S/C27H34N2O2S/c28-17-19-4-5-22-21(14-19)27(18-31-22)10-12-29(13-11-27)25(30)23-15-20-6-9-26(16-24(20)32-23)7-2-1-3-8-26/h4-5,14-15H,1-3,6-13,16-18,28H2. The zero-order valence-corrected chi connectivity index (χ0v) is 19.8. The molecule has 2 aliphatic carbocycles. The van der Waals surface area contributed by atoms with Gasteiger partial charge in [0, 0.05) is 35.5 Å². The predicted octanol–water partition coefficient (Wildman–Crippen LogP) is 5.21. The second-order valence-electron chi connectivity index (χ2n) is 10.7. The number of carbonyl (C=O) groups excluding carboxylic acids is 1. The lowest BCUT2D eigenvalue weighted by atomic mass is 9.66. The quantitative estimate of drug-likeness (QED) is 0.683. The van der Waals surface area contributed by atoms with Gasteiger partial charge in [-0.2, -0.15) is 0 Å². The Labute approximate surface area is 195 Å². The third-order valence-corrected chi connectivity index (χ3v) is 10.0. The molecule has 4 aliphatic rings. The molecule has 4 nitrogen and oxygen atoms in total. The summed E-state index contributed by atoms with van der Waals surface area (Å²) < 4.78 is 6.04. The molecule has 2 aliphatic heterocycles. The third-order valence-electron chi connectivity index (χ3n) is 8.84. The monoisotopic (exact) mass is 450 g/mol. The largest absolute Gasteiger partial charge is 0.492 e. The number of rotatable bonds is 2. The topological polar surface area (TPSA) is 55.6 Å². The number of aryl methyl sites for hydroxylation is 1. The Morgan fingerprint density at radius 3 is 2.66 bits per heavy atom. The van der Waals surface area contributed by atoms with E-state index >= 15 is 0 Å². The van der Waals surface area contributed by atoms with Gasteiger partial charge in [-0.15, -0.1) is 11.3 Å². The number of carbonyl (C=O) groups is 1. The molecule has 0 bridgehead atoms. The Bertz CT molecular complexity index is 1030. The summed E-state index contributed by atoms with van der Waals surface area (Å²) in [5, 5.41) is 0. The maximum atomic E-state index is 13.4. The number of fused-ring (bicyclic) bond motifs is 3. The van der Waals surface area contributed by atoms with Crippen molar-refractivity contribution in [3.63, 3.8) is 0 Å². The van der Waals surface area contributed by atoms with Crippen LogP contribution in [0.3, 0.4) is 0 Å². The van der Waals surface area contributed by atoms with Gasteiger partial charge in [-0.25, -0.2) is 0 Å². The molecule has 0 radical (unpaired) electrons. The van der Waals surface area contributed by atoms with E-state index in [-0.39, 0.29) is 11.3 Å². The maximum absolute atomic E-state index is 13.4. The lowest BCUT2D eigenvalue weighted by molar-refractivity contribution is 0.0651. The number of nitrogens with zero attached hydrogens (tertiary/aromatic N) is 1. The van der Waals surface area contributed by atoms with Crippen molar-refractivity contribution >= 4 is 17.2 Å². The summed E-state index contributed by atoms with van der Waals surface area (Å²) in [4.78, 5) is 18.0. The van der Waals surface area contributed by atoms with E-state index in [0.29, 0.717) is 12.0 Å². The van der Waals surface area contributed by atoms with E-state index < -0.39 is 0 Å². The molecule has 1 aromatic heterocycles. The minimum Gasteiger partial charge on any atom is -0.492 e. The fraction of sp³-hybridized carbons (Fsp3) is 0.593. The summed E-state index contributed by atoms with van der Waals surface area (Å²) in [6.07, 6.45) is 12.6. The molecule has 0 atom stereocenters. The minimum absolute atomic E-state index is 0.0410. The summed E-state index contributed by atoms with van der Waals surface area (Å²) in [6, 6.07) is 8.59. The summed E-state index contributed by atoms with van der Waals surface area (Å²) in [5.41, 5.74) is 10.4. The number of thiophene rings is 1. The first-order valence-electron chi connectivity index (χ1n) is 12.5. The molecule has 2 N–H and O–H groups in total. The lowest BCUT2D eigenvalue weighted by Gasteiger charge is -2.40. The number of likely N-dealkylation sites (tertiary alicyclic amines) is 1. The Morgan fingerprint density at radius 2 is 1.88 bits per heavy atom. The Hall–Kier alpha value is -1.85. The average molecular weight is 451 g/mol. The van der Waals surface area contributed by atoms with Gasteiger partial charge < -0.3 is 15.4 Å². The van der Waals surface area contributed by atoms with E-state index in [9.17, 15) is 4.79 Å². The number of hydrogen-bond donors (Lipinski definition) is 1. The van der Waals surface area contributed by atoms with Crippen LogP contribution in [0.4, 0.5) is 0 Å². The summed E-state index contributed by atoms with van der Waals surface area (Å²) >= 11 is 1.79. The highest BCUT2D eigenvalue weighted by Gasteiger charge is 2.44. The molecule has 170 valence electrons. The average Bonchev–Trinajstić information content (AvgIpc) is 3.41. The summed E-state index contributed by atoms with van der Waals surface area (Å²) in [6.45, 7) is 2.90. The van der Waals surface area contributed by atoms with Gasteiger partial charge in [-0.1, -0.05) is 31.4 Å². The van der Waals surface area contributed by atoms with E-state index in [1.807, 2.05) is 0 Å². The van der Waals surface area contributed by atoms with Crippen molar-refractivity contribution in [2.75, 3.05) is 19.7 Å². The molecule has 2 aromatic rings. The van der Waals surface area contributed by atoms with E-state index in [1.165, 1.54) is 67.4 Å². The Kier molecular flexibility index (Phi) is 5.10. The number of hydrogen-bond acceptors (Lipinski definition) is 4. The van der Waals surface area contributed by atoms with Crippen LogP contribution in [0.5, 0.6) is 5.75 Å². The van der Waals surface area contributed by atoms with Crippen LogP contribution >= 0.6 is 11.3 Å². The fourth-order valence-electron chi connectivity index (χ4n) is 6.74. The van der Waals surface area contributed by atoms with Crippen molar-refractivity contribution in [3.8, 4) is 5.75 Å². The van der Waals surface area contributed by atoms with Crippen molar-refractivity contribution in [2.45, 2.75) is 76.2 Å². The first-order chi connectivity index (χ1) is 15.6. The van der Waals surface area contributed by atoms with Gasteiger partial charge in [0.2, 0.25) is 0 Å². The molecule has 1 saturated carbocycles. The molecule has 5 heteroatoms. The Morgan fingerprint density at radius 1 is 1.06 bits per heavy atom. The molecular formula is C27H34N2O2S. The molecular weight excluding hydrogens is 416 g/mol. The molecule has 3 heterocycles. The highest BCUT2D eigenvalue weighted by Crippen LogP contribution is 2.49. The van der Waals surface area contributed by atoms with Crippen molar-refractivity contribution in [1.82, 2.24) is 4.90 Å². The number of ether oxygens (including phenoxy) is 1. The fourth-order valence-corrected chi connectivity index (χ4v) is 8.09. The van der Waals surface area contributed by atoms with Gasteiger partial charge in [0.1, 0.15) is 5.75 Å². The van der Waals surface area contributed by atoms with E-state index in [1.54, 1.807) is 11.3 Å². The molecule has 0 unspecified atom stereocenters. The highest BCUT2D eigenvalue weighted by molar-refractivity contribution is 7.14. The zero-order valence-electron chi connectivity index (χ0n) is 19.0. The summed E-state index contributed by atoms with van der Waals surface area (Å²) in [5.74, 6) is 1.25. The third kappa shape index (κ3) is 3.40. The summed E-state index contributed by atoms with van der Waals surface area (Å²) in [7, 11) is 0. The highest BCUT2D eigenvalue weighted by atomic mass is 32.1. The molecule has 1 aromatic carbocycles. The molecule has 1 amide bonds. The van der Waals surface area contributed by atoms with Crippen LogP contribution in [0, 0.1) is 5.41 Å². The smallest absolute Gasteiger partial charge is 0.263 e. The zero-order chi connectivity index (χ0) is 21.8. The van der Waals surface area contributed by atoms with Crippen LogP contribution in [0.1, 0.15) is 82.6 Å². The van der Waals surface area contributed by atoms with Crippen LogP contribution in [0.25, 0.3) is 0 Å². The number of nitrogens with two attached hydrogens (primary N) is 1. The van der Waals surface area contributed by atoms with Crippen molar-refractivity contribution in [2.24, 2.45) is 11.1 Å². The van der Waals surface area contributed by atoms with Gasteiger partial charge in [0.25, 0.3) is 5.91 Å². The van der Waals surface area contributed by atoms with Crippen LogP contribution in [-0.2, 0) is 24.8 Å². The minimum atomic E-state index is 0.0410. The van der Waals surface area contributed by atoms with E-state index in [2.05, 4.69) is 29.2 Å². The molecule has 6 rings (SSSR count). The van der Waals surface area contributed by atoms with Crippen molar-refractivity contribution in [3.05, 3.63) is 50.7 Å². The second-order valence-corrected chi connectivity index (χ2v) is 11.8. The number of amides is 1. The number of piperidine rings is 1. The van der Waals surface area contributed by atoms with Crippen LogP contribution in [0.15, 0.2) is 24.3 Å². The predicted molar refractivity (Wildman–Crippen MR) is 129 cm³/mol. The van der Waals surface area contributed by atoms with Crippen molar-refractivity contribution in [1.29, 1.82) is 0 Å². The van der Waals surface area contributed by atoms with Gasteiger partial charge in [-0.05, 0) is 73.6 Å². The van der Waals surface area contributed by atoms with Gasteiger partial charge in [-0.3, -0.25) is 4.79 Å². The van der Waals surface area contributed by atoms with Gasteiger partial charge in [0.05, 0.1) is 11.5 Å². The number of benzene rings is 1. The van der Waals surface area contributed by atoms with Gasteiger partial charge >= 0.3 is 0 Å². The maximum Gasteiger partial charge on any atom is 0.263 e. The second kappa shape index (κ2) is 7.88. The normalized spacial score (nSPS) is 23.1. The first-order valence-corrected chi connectivity index (χ1v) is 13.3. The molecule has 32 heavy (non-hydrogen) atoms. The van der Waals surface area contributed by atoms with Crippen LogP contribution < -0.4 is 10.5 Å². The molecule has 2 fully saturated rings. The first kappa shape index (κ1) is 20.7. The van der Waals surface area contributed by atoms with Crippen LogP contribution in [0.2, 0.25) is 0 Å². The van der Waals surface area contributed by atoms with Gasteiger partial charge in [0.15, 0.2) is 0 Å². The van der Waals surface area contributed by atoms with E-state index in [4.69, 9.17) is 10.5 Å². The lowest BCUT2D eigenvalue weighted by Crippen LogP contribution is -2.45. The van der Waals surface area contributed by atoms with Crippen LogP contribution in [-0.4, -0.2) is 30.5 Å². The Balaban J connectivity index is 1.16. The molecule has 2 spiro atoms. The van der Waals surface area contributed by atoms with Crippen molar-refractivity contribution < 1.29 is 9.53 Å². The van der Waals surface area contributed by atoms with E-state index in [0.717, 1.165) is 48.7 Å². The molecule has 1 saturated heterocycles. The SMILES string of the molecule is NCc1ccc2c(c1)C1(CCN(C(=O)c3cc4c(s3)CC3(CCCCC3)CC4)CC1)CO2.